The minimum atomic E-state index is -0.160. The number of nitrogens with zero attached hydrogens (tertiary/aromatic N) is 3. The van der Waals surface area contributed by atoms with Crippen molar-refractivity contribution in [1.29, 1.82) is 0 Å². The summed E-state index contributed by atoms with van der Waals surface area (Å²) in [5, 5.41) is 4.43. The molecule has 2 aromatic heterocycles. The molecule has 0 aliphatic rings. The molecule has 2 N–H and O–H groups in total. The Labute approximate surface area is 107 Å². The van der Waals surface area contributed by atoms with Crippen molar-refractivity contribution in [3.63, 3.8) is 0 Å². The van der Waals surface area contributed by atoms with Gasteiger partial charge in [0.2, 0.25) is 11.8 Å². The van der Waals surface area contributed by atoms with E-state index in [-0.39, 0.29) is 5.54 Å². The molecule has 96 valence electrons. The molecular weight excluding hydrogens is 228 g/mol. The maximum absolute atomic E-state index is 5.82. The standard InChI is InChI=1S/C13H18N4O/c1-9-8-11(17(16-9)13(2,3)4)18-12-10(14)6-5-7-15-12/h5-8H,14H2,1-4H3. The topological polar surface area (TPSA) is 66.0 Å². The fraction of sp³-hybridized carbons (Fsp3) is 0.385. The van der Waals surface area contributed by atoms with Gasteiger partial charge in [0.25, 0.3) is 0 Å². The molecule has 0 spiro atoms. The fourth-order valence-electron chi connectivity index (χ4n) is 1.62. The van der Waals surface area contributed by atoms with Crippen LogP contribution in [0.25, 0.3) is 0 Å². The number of hydrogen-bond acceptors (Lipinski definition) is 4. The van der Waals surface area contributed by atoms with Crippen molar-refractivity contribution in [3.05, 3.63) is 30.1 Å². The van der Waals surface area contributed by atoms with Gasteiger partial charge in [-0.2, -0.15) is 5.10 Å². The zero-order valence-electron chi connectivity index (χ0n) is 11.1. The van der Waals surface area contributed by atoms with Crippen LogP contribution in [-0.4, -0.2) is 14.8 Å². The molecule has 5 heteroatoms. The van der Waals surface area contributed by atoms with Crippen LogP contribution in [-0.2, 0) is 5.54 Å². The Hall–Kier alpha value is -2.04. The van der Waals surface area contributed by atoms with Crippen molar-refractivity contribution in [2.24, 2.45) is 0 Å². The monoisotopic (exact) mass is 246 g/mol. The van der Waals surface area contributed by atoms with Crippen LogP contribution >= 0.6 is 0 Å². The smallest absolute Gasteiger partial charge is 0.244 e. The molecule has 0 radical (unpaired) electrons. The van der Waals surface area contributed by atoms with Crippen LogP contribution in [0.4, 0.5) is 5.69 Å². The second-order valence-electron chi connectivity index (χ2n) is 5.21. The van der Waals surface area contributed by atoms with Crippen molar-refractivity contribution in [2.75, 3.05) is 5.73 Å². The van der Waals surface area contributed by atoms with Crippen LogP contribution in [0.5, 0.6) is 11.8 Å². The van der Waals surface area contributed by atoms with E-state index in [4.69, 9.17) is 10.5 Å². The number of ether oxygens (including phenoxy) is 1. The van der Waals surface area contributed by atoms with Gasteiger partial charge in [0.15, 0.2) is 0 Å². The Morgan fingerprint density at radius 1 is 1.33 bits per heavy atom. The third kappa shape index (κ3) is 2.45. The van der Waals surface area contributed by atoms with Gasteiger partial charge in [0.1, 0.15) is 0 Å². The first-order valence-corrected chi connectivity index (χ1v) is 5.83. The maximum atomic E-state index is 5.82. The average Bonchev–Trinajstić information content (AvgIpc) is 2.63. The van der Waals surface area contributed by atoms with Crippen molar-refractivity contribution in [2.45, 2.75) is 33.2 Å². The molecule has 0 bridgehead atoms. The van der Waals surface area contributed by atoms with E-state index in [2.05, 4.69) is 30.9 Å². The number of pyridine rings is 1. The van der Waals surface area contributed by atoms with Gasteiger partial charge in [-0.3, -0.25) is 0 Å². The first-order valence-electron chi connectivity index (χ1n) is 5.83. The maximum Gasteiger partial charge on any atom is 0.244 e. The van der Waals surface area contributed by atoms with Crippen molar-refractivity contribution in [1.82, 2.24) is 14.8 Å². The third-order valence-electron chi connectivity index (χ3n) is 2.44. The molecule has 18 heavy (non-hydrogen) atoms. The van der Waals surface area contributed by atoms with E-state index < -0.39 is 0 Å². The molecule has 0 fully saturated rings. The first kappa shape index (κ1) is 12.4. The second kappa shape index (κ2) is 4.33. The highest BCUT2D eigenvalue weighted by molar-refractivity contribution is 5.48. The Morgan fingerprint density at radius 2 is 2.06 bits per heavy atom. The molecule has 0 amide bonds. The van der Waals surface area contributed by atoms with E-state index in [1.54, 1.807) is 18.3 Å². The van der Waals surface area contributed by atoms with Gasteiger partial charge in [-0.15, -0.1) is 0 Å². The van der Waals surface area contributed by atoms with E-state index in [1.165, 1.54) is 0 Å². The van der Waals surface area contributed by atoms with E-state index in [9.17, 15) is 0 Å². The molecule has 0 aliphatic heterocycles. The predicted molar refractivity (Wildman–Crippen MR) is 70.7 cm³/mol. The average molecular weight is 246 g/mol. The van der Waals surface area contributed by atoms with Crippen molar-refractivity contribution in [3.8, 4) is 11.8 Å². The highest BCUT2D eigenvalue weighted by atomic mass is 16.5. The second-order valence-corrected chi connectivity index (χ2v) is 5.21. The lowest BCUT2D eigenvalue weighted by atomic mass is 10.1. The van der Waals surface area contributed by atoms with Crippen LogP contribution in [0.15, 0.2) is 24.4 Å². The highest BCUT2D eigenvalue weighted by Gasteiger charge is 2.20. The molecule has 0 saturated heterocycles. The van der Waals surface area contributed by atoms with Crippen molar-refractivity contribution >= 4 is 5.69 Å². The molecule has 2 aromatic rings. The summed E-state index contributed by atoms with van der Waals surface area (Å²) in [5.74, 6) is 1.05. The molecular formula is C13H18N4O. The van der Waals surface area contributed by atoms with E-state index >= 15 is 0 Å². The molecule has 0 aromatic carbocycles. The Balaban J connectivity index is 2.38. The summed E-state index contributed by atoms with van der Waals surface area (Å²) < 4.78 is 7.58. The SMILES string of the molecule is Cc1cc(Oc2ncccc2N)n(C(C)(C)C)n1. The fourth-order valence-corrected chi connectivity index (χ4v) is 1.62. The predicted octanol–water partition coefficient (Wildman–Crippen LogP) is 2.72. The van der Waals surface area contributed by atoms with Gasteiger partial charge in [0.05, 0.1) is 16.9 Å². The minimum absolute atomic E-state index is 0.160. The molecule has 2 rings (SSSR count). The van der Waals surface area contributed by atoms with Crippen LogP contribution in [0.2, 0.25) is 0 Å². The number of aromatic nitrogens is 3. The van der Waals surface area contributed by atoms with Crippen LogP contribution in [0.3, 0.4) is 0 Å². The van der Waals surface area contributed by atoms with Gasteiger partial charge in [-0.1, -0.05) is 0 Å². The summed E-state index contributed by atoms with van der Waals surface area (Å²) in [6.07, 6.45) is 1.65. The zero-order valence-corrected chi connectivity index (χ0v) is 11.1. The van der Waals surface area contributed by atoms with E-state index in [0.29, 0.717) is 17.4 Å². The summed E-state index contributed by atoms with van der Waals surface area (Å²) in [6, 6.07) is 5.40. The third-order valence-corrected chi connectivity index (χ3v) is 2.44. The number of anilines is 1. The molecule has 0 atom stereocenters. The van der Waals surface area contributed by atoms with E-state index in [0.717, 1.165) is 5.69 Å². The first-order chi connectivity index (χ1) is 8.38. The Kier molecular flexibility index (Phi) is 2.98. The van der Waals surface area contributed by atoms with Crippen LogP contribution < -0.4 is 10.5 Å². The molecule has 0 unspecified atom stereocenters. The van der Waals surface area contributed by atoms with Gasteiger partial charge < -0.3 is 10.5 Å². The Bertz CT molecular complexity index is 554. The number of hydrogen-bond donors (Lipinski definition) is 1. The lowest BCUT2D eigenvalue weighted by molar-refractivity contribution is 0.298. The summed E-state index contributed by atoms with van der Waals surface area (Å²) >= 11 is 0. The molecule has 5 nitrogen and oxygen atoms in total. The quantitative estimate of drug-likeness (QED) is 0.884. The lowest BCUT2D eigenvalue weighted by Crippen LogP contribution is -2.23. The largest absolute Gasteiger partial charge is 0.419 e. The summed E-state index contributed by atoms with van der Waals surface area (Å²) in [4.78, 5) is 4.12. The molecule has 2 heterocycles. The Morgan fingerprint density at radius 3 is 2.67 bits per heavy atom. The van der Waals surface area contributed by atoms with Gasteiger partial charge in [-0.05, 0) is 39.8 Å². The van der Waals surface area contributed by atoms with Gasteiger partial charge >= 0.3 is 0 Å². The summed E-state index contributed by atoms with van der Waals surface area (Å²) in [6.45, 7) is 8.12. The molecule has 0 aliphatic carbocycles. The zero-order chi connectivity index (χ0) is 13.3. The lowest BCUT2D eigenvalue weighted by Gasteiger charge is -2.21. The van der Waals surface area contributed by atoms with Crippen LogP contribution in [0.1, 0.15) is 26.5 Å². The minimum Gasteiger partial charge on any atom is -0.419 e. The number of nitrogens with two attached hydrogens (primary N) is 1. The highest BCUT2D eigenvalue weighted by Crippen LogP contribution is 2.29. The van der Waals surface area contributed by atoms with E-state index in [1.807, 2.05) is 17.7 Å². The molecule has 0 saturated carbocycles. The van der Waals surface area contributed by atoms with Crippen molar-refractivity contribution < 1.29 is 4.74 Å². The summed E-state index contributed by atoms with van der Waals surface area (Å²) in [7, 11) is 0. The van der Waals surface area contributed by atoms with Gasteiger partial charge in [-0.25, -0.2) is 9.67 Å². The number of nitrogen functional groups attached to an aromatic ring is 1. The normalized spacial score (nSPS) is 11.6. The summed E-state index contributed by atoms with van der Waals surface area (Å²) in [5.41, 5.74) is 7.07. The number of aryl methyl sites for hydroxylation is 1. The van der Waals surface area contributed by atoms with Crippen LogP contribution in [0, 0.1) is 6.92 Å². The van der Waals surface area contributed by atoms with Gasteiger partial charge in [0, 0.05) is 12.3 Å². The number of rotatable bonds is 2.